The molecule has 1 rings (SSSR count). The molecule has 4 nitrogen and oxygen atoms in total. The molecule has 0 bridgehead atoms. The van der Waals surface area contributed by atoms with Crippen LogP contribution in [0.4, 0.5) is 0 Å². The number of aliphatic hydroxyl groups is 1. The smallest absolute Gasteiger partial charge is 0.236 e. The summed E-state index contributed by atoms with van der Waals surface area (Å²) in [5.74, 6) is 0.0680. The second kappa shape index (κ2) is 5.27. The van der Waals surface area contributed by atoms with Gasteiger partial charge >= 0.3 is 0 Å². The van der Waals surface area contributed by atoms with Gasteiger partial charge in [0.2, 0.25) is 5.91 Å². The molecule has 0 spiro atoms. The average Bonchev–Trinajstić information content (AvgIpc) is 2.44. The Morgan fingerprint density at radius 2 is 2.27 bits per heavy atom. The standard InChI is InChI=1S/C10H19BrN2O2/c1-7(11)10(15)13-6-9(14)4-8(13)5-12(2)3/h7-9,14H,4-6H2,1-3H3. The van der Waals surface area contributed by atoms with Gasteiger partial charge in [0, 0.05) is 19.1 Å². The number of amides is 1. The van der Waals surface area contributed by atoms with E-state index >= 15 is 0 Å². The van der Waals surface area contributed by atoms with E-state index in [2.05, 4.69) is 15.9 Å². The van der Waals surface area contributed by atoms with E-state index in [1.165, 1.54) is 0 Å². The molecule has 0 aromatic carbocycles. The van der Waals surface area contributed by atoms with E-state index in [0.717, 1.165) is 6.54 Å². The second-order valence-electron chi connectivity index (χ2n) is 4.41. The number of carbonyl (C=O) groups excluding carboxylic acids is 1. The minimum absolute atomic E-state index is 0.0680. The fraction of sp³-hybridized carbons (Fsp3) is 0.900. The molecule has 1 N–H and O–H groups in total. The lowest BCUT2D eigenvalue weighted by Gasteiger charge is -2.27. The zero-order chi connectivity index (χ0) is 11.6. The number of halogens is 1. The van der Waals surface area contributed by atoms with Gasteiger partial charge in [-0.25, -0.2) is 0 Å². The van der Waals surface area contributed by atoms with Crippen molar-refractivity contribution in [2.24, 2.45) is 0 Å². The molecule has 3 atom stereocenters. The first-order chi connectivity index (χ1) is 6.91. The molecule has 3 unspecified atom stereocenters. The first-order valence-electron chi connectivity index (χ1n) is 5.19. The van der Waals surface area contributed by atoms with Crippen molar-refractivity contribution in [1.82, 2.24) is 9.80 Å². The van der Waals surface area contributed by atoms with E-state index in [0.29, 0.717) is 13.0 Å². The van der Waals surface area contributed by atoms with Gasteiger partial charge in [0.1, 0.15) is 0 Å². The van der Waals surface area contributed by atoms with Crippen LogP contribution >= 0.6 is 15.9 Å². The van der Waals surface area contributed by atoms with Crippen LogP contribution in [0, 0.1) is 0 Å². The number of hydrogen-bond donors (Lipinski definition) is 1. The Bertz CT molecular complexity index is 233. The predicted molar refractivity (Wildman–Crippen MR) is 63.1 cm³/mol. The number of aliphatic hydroxyl groups excluding tert-OH is 1. The topological polar surface area (TPSA) is 43.8 Å². The van der Waals surface area contributed by atoms with Gasteiger partial charge in [-0.05, 0) is 27.4 Å². The van der Waals surface area contributed by atoms with E-state index in [1.54, 1.807) is 4.90 Å². The number of alkyl halides is 1. The zero-order valence-electron chi connectivity index (χ0n) is 9.48. The molecule has 15 heavy (non-hydrogen) atoms. The van der Waals surface area contributed by atoms with Crippen LogP contribution in [0.15, 0.2) is 0 Å². The number of likely N-dealkylation sites (tertiary alicyclic amines) is 1. The van der Waals surface area contributed by atoms with Crippen molar-refractivity contribution < 1.29 is 9.90 Å². The van der Waals surface area contributed by atoms with Gasteiger partial charge in [0.05, 0.1) is 10.9 Å². The normalized spacial score (nSPS) is 28.5. The maximum atomic E-state index is 11.8. The van der Waals surface area contributed by atoms with Crippen LogP contribution in [0.25, 0.3) is 0 Å². The Hall–Kier alpha value is -0.130. The quantitative estimate of drug-likeness (QED) is 0.755. The summed E-state index contributed by atoms with van der Waals surface area (Å²) in [6.07, 6.45) is 0.314. The third-order valence-corrected chi connectivity index (χ3v) is 2.98. The molecule has 0 aliphatic carbocycles. The van der Waals surface area contributed by atoms with Crippen LogP contribution in [0.3, 0.4) is 0 Å². The highest BCUT2D eigenvalue weighted by Crippen LogP contribution is 2.20. The van der Waals surface area contributed by atoms with Crippen molar-refractivity contribution in [1.29, 1.82) is 0 Å². The van der Waals surface area contributed by atoms with Gasteiger partial charge < -0.3 is 14.9 Å². The number of carbonyl (C=O) groups is 1. The summed E-state index contributed by atoms with van der Waals surface area (Å²) < 4.78 is 0. The van der Waals surface area contributed by atoms with Crippen molar-refractivity contribution in [3.63, 3.8) is 0 Å². The van der Waals surface area contributed by atoms with Crippen LogP contribution < -0.4 is 0 Å². The summed E-state index contributed by atoms with van der Waals surface area (Å²) in [4.78, 5) is 15.5. The molecule has 0 aromatic rings. The minimum atomic E-state index is -0.370. The molecule has 1 heterocycles. The minimum Gasteiger partial charge on any atom is -0.391 e. The van der Waals surface area contributed by atoms with Gasteiger partial charge in [-0.2, -0.15) is 0 Å². The molecule has 0 aromatic heterocycles. The molecule has 1 fully saturated rings. The van der Waals surface area contributed by atoms with Gasteiger partial charge in [-0.3, -0.25) is 4.79 Å². The Morgan fingerprint density at radius 1 is 1.67 bits per heavy atom. The average molecular weight is 279 g/mol. The lowest BCUT2D eigenvalue weighted by molar-refractivity contribution is -0.131. The molecule has 0 radical (unpaired) electrons. The lowest BCUT2D eigenvalue weighted by Crippen LogP contribution is -2.44. The third-order valence-electron chi connectivity index (χ3n) is 2.59. The summed E-state index contributed by atoms with van der Waals surface area (Å²) in [5, 5.41) is 9.59. The number of likely N-dealkylation sites (N-methyl/N-ethyl adjacent to an activating group) is 1. The lowest BCUT2D eigenvalue weighted by atomic mass is 10.2. The largest absolute Gasteiger partial charge is 0.391 e. The summed E-state index contributed by atoms with van der Waals surface area (Å²) in [6.45, 7) is 3.09. The molecule has 5 heteroatoms. The number of nitrogens with zero attached hydrogens (tertiary/aromatic N) is 2. The summed E-state index contributed by atoms with van der Waals surface area (Å²) >= 11 is 3.28. The fourth-order valence-corrected chi connectivity index (χ4v) is 2.25. The molecular weight excluding hydrogens is 260 g/mol. The Kier molecular flexibility index (Phi) is 4.55. The monoisotopic (exact) mass is 278 g/mol. The Morgan fingerprint density at radius 3 is 2.73 bits per heavy atom. The maximum Gasteiger partial charge on any atom is 0.236 e. The van der Waals surface area contributed by atoms with E-state index < -0.39 is 0 Å². The first-order valence-corrected chi connectivity index (χ1v) is 6.10. The van der Waals surface area contributed by atoms with Gasteiger partial charge in [-0.1, -0.05) is 15.9 Å². The van der Waals surface area contributed by atoms with Gasteiger partial charge in [0.25, 0.3) is 0 Å². The summed E-state index contributed by atoms with van der Waals surface area (Å²) in [5.41, 5.74) is 0. The van der Waals surface area contributed by atoms with Crippen molar-refractivity contribution in [3.05, 3.63) is 0 Å². The molecule has 1 aliphatic rings. The van der Waals surface area contributed by atoms with Crippen molar-refractivity contribution >= 4 is 21.8 Å². The van der Waals surface area contributed by atoms with Crippen LogP contribution in [-0.4, -0.2) is 65.0 Å². The first kappa shape index (κ1) is 12.9. The van der Waals surface area contributed by atoms with Crippen LogP contribution in [-0.2, 0) is 4.79 Å². The van der Waals surface area contributed by atoms with Crippen molar-refractivity contribution in [2.45, 2.75) is 30.3 Å². The Balaban J connectivity index is 2.64. The van der Waals surface area contributed by atoms with E-state index in [1.807, 2.05) is 25.9 Å². The molecule has 88 valence electrons. The Labute approximate surface area is 99.4 Å². The summed E-state index contributed by atoms with van der Waals surface area (Å²) in [6, 6.07) is 0.141. The SMILES string of the molecule is CC(Br)C(=O)N1CC(O)CC1CN(C)C. The summed E-state index contributed by atoms with van der Waals surface area (Å²) in [7, 11) is 3.95. The molecule has 1 aliphatic heterocycles. The van der Waals surface area contributed by atoms with E-state index in [9.17, 15) is 9.90 Å². The third kappa shape index (κ3) is 3.43. The predicted octanol–water partition coefficient (Wildman–Crippen LogP) is 0.293. The van der Waals surface area contributed by atoms with Crippen molar-refractivity contribution in [3.8, 4) is 0 Å². The molecule has 0 saturated carbocycles. The van der Waals surface area contributed by atoms with E-state index in [-0.39, 0.29) is 22.9 Å². The molecular formula is C10H19BrN2O2. The van der Waals surface area contributed by atoms with Crippen LogP contribution in [0.5, 0.6) is 0 Å². The van der Waals surface area contributed by atoms with E-state index in [4.69, 9.17) is 0 Å². The number of rotatable bonds is 3. The van der Waals surface area contributed by atoms with Crippen LogP contribution in [0.1, 0.15) is 13.3 Å². The van der Waals surface area contributed by atoms with Gasteiger partial charge in [-0.15, -0.1) is 0 Å². The number of β-amino-alcohol motifs (C(OH)–C–C–N with tert-alkyl or cyclic N) is 1. The van der Waals surface area contributed by atoms with Crippen molar-refractivity contribution in [2.75, 3.05) is 27.2 Å². The highest BCUT2D eigenvalue weighted by atomic mass is 79.9. The molecule has 1 amide bonds. The van der Waals surface area contributed by atoms with Gasteiger partial charge in [0.15, 0.2) is 0 Å². The molecule has 1 saturated heterocycles. The highest BCUT2D eigenvalue weighted by Gasteiger charge is 2.35. The fourth-order valence-electron chi connectivity index (χ4n) is 1.98. The zero-order valence-corrected chi connectivity index (χ0v) is 11.1. The second-order valence-corrected chi connectivity index (χ2v) is 5.79. The number of hydrogen-bond acceptors (Lipinski definition) is 3. The highest BCUT2D eigenvalue weighted by molar-refractivity contribution is 9.10. The maximum absolute atomic E-state index is 11.8. The van der Waals surface area contributed by atoms with Crippen LogP contribution in [0.2, 0.25) is 0 Å².